The van der Waals surface area contributed by atoms with E-state index in [1.165, 1.54) is 30.3 Å². The molecule has 5 rings (SSSR count). The molecule has 3 aliphatic heterocycles. The fourth-order valence-corrected chi connectivity index (χ4v) is 4.89. The number of piperidine rings is 1. The number of rotatable bonds is 6. The summed E-state index contributed by atoms with van der Waals surface area (Å²) in [6, 6.07) is 10.4. The van der Waals surface area contributed by atoms with Crippen LogP contribution in [0, 0.1) is 11.7 Å². The summed E-state index contributed by atoms with van der Waals surface area (Å²) in [5.41, 5.74) is 1.87. The number of anilines is 1. The molecule has 3 N–H and O–H groups in total. The van der Waals surface area contributed by atoms with Crippen LogP contribution in [0.4, 0.5) is 10.1 Å². The smallest absolute Gasteiger partial charge is 0.251 e. The van der Waals surface area contributed by atoms with Crippen LogP contribution in [0.2, 0.25) is 5.02 Å². The molecule has 9 nitrogen and oxygen atoms in total. The van der Waals surface area contributed by atoms with E-state index in [4.69, 9.17) is 21.3 Å². The molecule has 1 unspecified atom stereocenters. The van der Waals surface area contributed by atoms with Gasteiger partial charge in [0.1, 0.15) is 23.4 Å². The number of nitrogens with one attached hydrogen (secondary N) is 3. The Hall–Kier alpha value is -4.02. The molecule has 208 valence electrons. The largest absolute Gasteiger partial charge is 0.378 e. The van der Waals surface area contributed by atoms with Crippen LogP contribution in [0.1, 0.15) is 35.2 Å². The van der Waals surface area contributed by atoms with E-state index in [1.807, 2.05) is 6.08 Å². The Morgan fingerprint density at radius 2 is 1.93 bits per heavy atom. The van der Waals surface area contributed by atoms with Crippen LogP contribution in [0.3, 0.4) is 0 Å². The lowest BCUT2D eigenvalue weighted by Gasteiger charge is -2.31. The number of nitrogens with zero attached hydrogens (tertiary/aromatic N) is 2. The van der Waals surface area contributed by atoms with Gasteiger partial charge in [-0.25, -0.2) is 9.38 Å². The molecule has 0 bridgehead atoms. The number of hydrogen-bond acceptors (Lipinski definition) is 6. The van der Waals surface area contributed by atoms with Crippen LogP contribution in [0.5, 0.6) is 0 Å². The molecule has 2 aromatic carbocycles. The number of amides is 3. The molecule has 0 aromatic heterocycles. The minimum atomic E-state index is -0.998. The third-order valence-electron chi connectivity index (χ3n) is 6.88. The maximum atomic E-state index is 13.4. The number of aliphatic imine (C=N–C) groups is 1. The maximum absolute atomic E-state index is 13.4. The number of amidine groups is 1. The van der Waals surface area contributed by atoms with Crippen LogP contribution in [-0.4, -0.2) is 54.8 Å². The number of carbonyl (C=O) groups is 3. The molecule has 3 heterocycles. The van der Waals surface area contributed by atoms with Gasteiger partial charge in [-0.2, -0.15) is 0 Å². The first-order valence-corrected chi connectivity index (χ1v) is 13.5. The summed E-state index contributed by atoms with van der Waals surface area (Å²) in [5.74, 6) is -1.55. The molecular formula is C29H29ClFN5O4. The fraction of sp³-hybridized carbons (Fsp3) is 0.310. The molecular weight excluding hydrogens is 537 g/mol. The van der Waals surface area contributed by atoms with Gasteiger partial charge in [0.2, 0.25) is 11.8 Å². The quantitative estimate of drug-likeness (QED) is 0.462. The first-order chi connectivity index (χ1) is 19.4. The summed E-state index contributed by atoms with van der Waals surface area (Å²) in [7, 11) is 0. The average molecular weight is 566 g/mol. The van der Waals surface area contributed by atoms with Gasteiger partial charge >= 0.3 is 0 Å². The fourth-order valence-electron chi connectivity index (χ4n) is 4.72. The van der Waals surface area contributed by atoms with Crippen molar-refractivity contribution < 1.29 is 23.5 Å². The van der Waals surface area contributed by atoms with Gasteiger partial charge < -0.3 is 25.6 Å². The number of hydrogen-bond donors (Lipinski definition) is 3. The van der Waals surface area contributed by atoms with Crippen molar-refractivity contribution in [3.8, 4) is 0 Å². The second-order valence-corrected chi connectivity index (χ2v) is 10.1. The Bertz CT molecular complexity index is 1420. The molecule has 40 heavy (non-hydrogen) atoms. The van der Waals surface area contributed by atoms with E-state index in [9.17, 15) is 18.8 Å². The number of benzene rings is 2. The lowest BCUT2D eigenvalue weighted by atomic mass is 9.91. The standard InChI is InChI=1S/C29H29ClFN5O4/c30-23-9-8-20(27(37)32-17-18-4-3-6-21(31)14-18)16-24(23)33-28(38)22-15-19-5-1-2-7-25(34-26(19)35-29(22)39)36-10-12-40-13-11-36/h3-9,14,16,22H,1-2,10-13,15,17H2,(H,32,37)(H,33,38)(H,34,35,39). The van der Waals surface area contributed by atoms with E-state index in [0.29, 0.717) is 24.6 Å². The summed E-state index contributed by atoms with van der Waals surface area (Å²) < 4.78 is 18.9. The molecule has 0 aliphatic carbocycles. The van der Waals surface area contributed by atoms with E-state index in [0.717, 1.165) is 37.3 Å². The second-order valence-electron chi connectivity index (χ2n) is 9.67. The minimum absolute atomic E-state index is 0.130. The van der Waals surface area contributed by atoms with Crippen LogP contribution >= 0.6 is 11.6 Å². The molecule has 3 aliphatic rings. The van der Waals surface area contributed by atoms with Gasteiger partial charge in [-0.15, -0.1) is 0 Å². The third kappa shape index (κ3) is 6.57. The first-order valence-electron chi connectivity index (χ1n) is 13.1. The van der Waals surface area contributed by atoms with Crippen molar-refractivity contribution in [3.05, 3.63) is 88.0 Å². The first kappa shape index (κ1) is 27.5. The Kier molecular flexibility index (Phi) is 8.57. The van der Waals surface area contributed by atoms with Crippen molar-refractivity contribution in [3.63, 3.8) is 0 Å². The van der Waals surface area contributed by atoms with Gasteiger partial charge in [0.05, 0.1) is 23.9 Å². The molecule has 2 aromatic rings. The molecule has 11 heteroatoms. The van der Waals surface area contributed by atoms with Gasteiger partial charge in [0.25, 0.3) is 5.91 Å². The Morgan fingerprint density at radius 3 is 2.73 bits per heavy atom. The topological polar surface area (TPSA) is 112 Å². The van der Waals surface area contributed by atoms with E-state index >= 15 is 0 Å². The maximum Gasteiger partial charge on any atom is 0.251 e. The predicted molar refractivity (Wildman–Crippen MR) is 149 cm³/mol. The number of allylic oxidation sites excluding steroid dienone is 2. The lowest BCUT2D eigenvalue weighted by Crippen LogP contribution is -2.47. The molecule has 0 saturated carbocycles. The molecule has 0 spiro atoms. The van der Waals surface area contributed by atoms with Gasteiger partial charge in [-0.05, 0) is 66.8 Å². The second kappa shape index (κ2) is 12.4. The summed E-state index contributed by atoms with van der Waals surface area (Å²) in [6.45, 7) is 2.83. The van der Waals surface area contributed by atoms with Crippen molar-refractivity contribution in [2.45, 2.75) is 25.8 Å². The summed E-state index contributed by atoms with van der Waals surface area (Å²) in [4.78, 5) is 45.8. The highest BCUT2D eigenvalue weighted by Gasteiger charge is 2.35. The average Bonchev–Trinajstić information content (AvgIpc) is 2.94. The molecule has 1 atom stereocenters. The SMILES string of the molecule is O=C(NCc1cccc(F)c1)c1ccc(Cl)c(NC(=O)C2CC3=CCCC=C(N4CCOCC4)N=C3NC2=O)c1. The third-order valence-corrected chi connectivity index (χ3v) is 7.21. The number of morpholine rings is 1. The van der Waals surface area contributed by atoms with Crippen LogP contribution in [0.15, 0.2) is 71.0 Å². The van der Waals surface area contributed by atoms with Crippen LogP contribution in [0.25, 0.3) is 0 Å². The zero-order chi connectivity index (χ0) is 28.1. The Balaban J connectivity index is 1.26. The molecule has 3 amide bonds. The summed E-state index contributed by atoms with van der Waals surface area (Å²) in [6.07, 6.45) is 5.80. The van der Waals surface area contributed by atoms with Crippen LogP contribution < -0.4 is 16.0 Å². The predicted octanol–water partition coefficient (Wildman–Crippen LogP) is 3.78. The van der Waals surface area contributed by atoms with E-state index in [1.54, 1.807) is 12.1 Å². The Labute approximate surface area is 236 Å². The van der Waals surface area contributed by atoms with Crippen molar-refractivity contribution >= 4 is 40.8 Å². The van der Waals surface area contributed by atoms with Gasteiger partial charge in [0, 0.05) is 25.2 Å². The molecule has 2 saturated heterocycles. The van der Waals surface area contributed by atoms with Crippen LogP contribution in [-0.2, 0) is 20.9 Å². The summed E-state index contributed by atoms with van der Waals surface area (Å²) >= 11 is 6.31. The van der Waals surface area contributed by atoms with Crippen molar-refractivity contribution in [1.29, 1.82) is 0 Å². The number of halogens is 2. The van der Waals surface area contributed by atoms with E-state index in [2.05, 4.69) is 26.9 Å². The van der Waals surface area contributed by atoms with Gasteiger partial charge in [-0.1, -0.05) is 29.8 Å². The van der Waals surface area contributed by atoms with E-state index < -0.39 is 29.5 Å². The number of fused-ring (bicyclic) bond motifs is 1. The zero-order valence-electron chi connectivity index (χ0n) is 21.7. The normalized spacial score (nSPS) is 19.1. The van der Waals surface area contributed by atoms with Crippen molar-refractivity contribution in [2.24, 2.45) is 10.9 Å². The van der Waals surface area contributed by atoms with Crippen molar-refractivity contribution in [1.82, 2.24) is 15.5 Å². The van der Waals surface area contributed by atoms with E-state index in [-0.39, 0.29) is 29.2 Å². The van der Waals surface area contributed by atoms with Gasteiger partial charge in [-0.3, -0.25) is 14.4 Å². The highest BCUT2D eigenvalue weighted by Crippen LogP contribution is 2.28. The van der Waals surface area contributed by atoms with Gasteiger partial charge in [0.15, 0.2) is 0 Å². The number of carbonyl (C=O) groups excluding carboxylic acids is 3. The van der Waals surface area contributed by atoms with Crippen molar-refractivity contribution in [2.75, 3.05) is 31.6 Å². The minimum Gasteiger partial charge on any atom is -0.378 e. The molecule has 0 radical (unpaired) electrons. The molecule has 2 fully saturated rings. The zero-order valence-corrected chi connectivity index (χ0v) is 22.5. The highest BCUT2D eigenvalue weighted by atomic mass is 35.5. The Morgan fingerprint density at radius 1 is 1.12 bits per heavy atom. The monoisotopic (exact) mass is 565 g/mol. The lowest BCUT2D eigenvalue weighted by molar-refractivity contribution is -0.131. The number of ether oxygens (including phenoxy) is 1. The highest BCUT2D eigenvalue weighted by molar-refractivity contribution is 6.34. The summed E-state index contributed by atoms with van der Waals surface area (Å²) in [5, 5.41) is 8.46.